The number of methoxy groups -OCH3 is 3. The minimum atomic E-state index is -0.118. The first-order valence-electron chi connectivity index (χ1n) is 7.65. The summed E-state index contributed by atoms with van der Waals surface area (Å²) in [4.78, 5) is 12.5. The SMILES string of the molecule is COc1ccc(CNC(=O)c2ccc(OC)c(C)c2C)cc1OC. The van der Waals surface area contributed by atoms with Crippen molar-refractivity contribution in [2.45, 2.75) is 20.4 Å². The molecule has 2 aromatic carbocycles. The summed E-state index contributed by atoms with van der Waals surface area (Å²) in [5.41, 5.74) is 3.47. The van der Waals surface area contributed by atoms with Crippen LogP contribution in [-0.2, 0) is 6.54 Å². The van der Waals surface area contributed by atoms with E-state index in [1.165, 1.54) is 0 Å². The zero-order chi connectivity index (χ0) is 17.7. The van der Waals surface area contributed by atoms with Gasteiger partial charge in [0, 0.05) is 12.1 Å². The maximum atomic E-state index is 12.5. The van der Waals surface area contributed by atoms with Crippen LogP contribution in [0.2, 0.25) is 0 Å². The number of carbonyl (C=O) groups is 1. The van der Waals surface area contributed by atoms with Crippen LogP contribution in [-0.4, -0.2) is 27.2 Å². The van der Waals surface area contributed by atoms with Gasteiger partial charge in [-0.3, -0.25) is 4.79 Å². The summed E-state index contributed by atoms with van der Waals surface area (Å²) >= 11 is 0. The van der Waals surface area contributed by atoms with Crippen molar-refractivity contribution in [3.8, 4) is 17.2 Å². The van der Waals surface area contributed by atoms with Gasteiger partial charge in [0.1, 0.15) is 5.75 Å². The third-order valence-electron chi connectivity index (χ3n) is 4.10. The number of benzene rings is 2. The number of ether oxygens (including phenoxy) is 3. The molecular weight excluding hydrogens is 306 g/mol. The monoisotopic (exact) mass is 329 g/mol. The number of carbonyl (C=O) groups excluding carboxylic acids is 1. The molecule has 0 aromatic heterocycles. The predicted molar refractivity (Wildman–Crippen MR) is 93.2 cm³/mol. The van der Waals surface area contributed by atoms with Gasteiger partial charge in [-0.15, -0.1) is 0 Å². The van der Waals surface area contributed by atoms with Gasteiger partial charge in [-0.1, -0.05) is 6.07 Å². The van der Waals surface area contributed by atoms with Crippen LogP contribution in [0.25, 0.3) is 0 Å². The van der Waals surface area contributed by atoms with E-state index in [2.05, 4.69) is 5.32 Å². The highest BCUT2D eigenvalue weighted by Crippen LogP contribution is 2.27. The maximum Gasteiger partial charge on any atom is 0.251 e. The largest absolute Gasteiger partial charge is 0.496 e. The van der Waals surface area contributed by atoms with Gasteiger partial charge >= 0.3 is 0 Å². The van der Waals surface area contributed by atoms with Crippen molar-refractivity contribution in [1.29, 1.82) is 0 Å². The summed E-state index contributed by atoms with van der Waals surface area (Å²) in [5.74, 6) is 1.96. The van der Waals surface area contributed by atoms with E-state index in [4.69, 9.17) is 14.2 Å². The molecule has 0 spiro atoms. The maximum absolute atomic E-state index is 12.5. The lowest BCUT2D eigenvalue weighted by molar-refractivity contribution is 0.0950. The third-order valence-corrected chi connectivity index (χ3v) is 4.10. The highest BCUT2D eigenvalue weighted by atomic mass is 16.5. The summed E-state index contributed by atoms with van der Waals surface area (Å²) in [6.45, 7) is 4.27. The van der Waals surface area contributed by atoms with Crippen molar-refractivity contribution in [2.24, 2.45) is 0 Å². The molecule has 1 amide bonds. The molecule has 0 saturated carbocycles. The summed E-state index contributed by atoms with van der Waals surface area (Å²) in [5, 5.41) is 2.93. The number of nitrogens with one attached hydrogen (secondary N) is 1. The highest BCUT2D eigenvalue weighted by Gasteiger charge is 2.13. The van der Waals surface area contributed by atoms with Crippen LogP contribution in [0.4, 0.5) is 0 Å². The average molecular weight is 329 g/mol. The van der Waals surface area contributed by atoms with Gasteiger partial charge in [0.2, 0.25) is 0 Å². The number of amides is 1. The summed E-state index contributed by atoms with van der Waals surface area (Å²) in [6, 6.07) is 9.17. The Kier molecular flexibility index (Phi) is 5.68. The zero-order valence-electron chi connectivity index (χ0n) is 14.7. The van der Waals surface area contributed by atoms with Gasteiger partial charge in [-0.05, 0) is 54.8 Å². The Bertz CT molecular complexity index is 740. The lowest BCUT2D eigenvalue weighted by Crippen LogP contribution is -2.24. The van der Waals surface area contributed by atoms with Crippen molar-refractivity contribution >= 4 is 5.91 Å². The van der Waals surface area contributed by atoms with Gasteiger partial charge in [-0.25, -0.2) is 0 Å². The number of rotatable bonds is 6. The Balaban J connectivity index is 2.12. The van der Waals surface area contributed by atoms with E-state index in [0.717, 1.165) is 22.4 Å². The fourth-order valence-electron chi connectivity index (χ4n) is 2.53. The van der Waals surface area contributed by atoms with Crippen LogP contribution in [0.5, 0.6) is 17.2 Å². The second-order valence-corrected chi connectivity index (χ2v) is 5.44. The standard InChI is InChI=1S/C19H23NO4/c1-12-13(2)16(22-3)9-7-15(12)19(21)20-11-14-6-8-17(23-4)18(10-14)24-5/h6-10H,11H2,1-5H3,(H,20,21). The first kappa shape index (κ1) is 17.7. The van der Waals surface area contributed by atoms with Crippen LogP contribution >= 0.6 is 0 Å². The van der Waals surface area contributed by atoms with Gasteiger partial charge < -0.3 is 19.5 Å². The quantitative estimate of drug-likeness (QED) is 0.884. The molecule has 0 atom stereocenters. The van der Waals surface area contributed by atoms with Crippen LogP contribution < -0.4 is 19.5 Å². The molecule has 5 nitrogen and oxygen atoms in total. The van der Waals surface area contributed by atoms with Gasteiger partial charge in [0.05, 0.1) is 21.3 Å². The molecule has 0 saturated heterocycles. The molecule has 128 valence electrons. The first-order chi connectivity index (χ1) is 11.5. The van der Waals surface area contributed by atoms with E-state index in [1.54, 1.807) is 27.4 Å². The minimum absolute atomic E-state index is 0.118. The fourth-order valence-corrected chi connectivity index (χ4v) is 2.53. The molecule has 0 fully saturated rings. The summed E-state index contributed by atoms with van der Waals surface area (Å²) < 4.78 is 15.8. The molecule has 0 heterocycles. The Morgan fingerprint density at radius 2 is 1.50 bits per heavy atom. The van der Waals surface area contributed by atoms with E-state index in [1.807, 2.05) is 38.1 Å². The van der Waals surface area contributed by atoms with E-state index in [-0.39, 0.29) is 5.91 Å². The van der Waals surface area contributed by atoms with Crippen LogP contribution in [0.1, 0.15) is 27.0 Å². The second-order valence-electron chi connectivity index (χ2n) is 5.44. The van der Waals surface area contributed by atoms with Crippen molar-refractivity contribution in [3.63, 3.8) is 0 Å². The van der Waals surface area contributed by atoms with Crippen LogP contribution in [0.15, 0.2) is 30.3 Å². The van der Waals surface area contributed by atoms with Crippen molar-refractivity contribution < 1.29 is 19.0 Å². The molecule has 2 rings (SSSR count). The molecule has 0 aliphatic rings. The molecule has 0 aliphatic carbocycles. The Hall–Kier alpha value is -2.69. The van der Waals surface area contributed by atoms with Crippen molar-refractivity contribution in [2.75, 3.05) is 21.3 Å². The van der Waals surface area contributed by atoms with Gasteiger partial charge in [0.15, 0.2) is 11.5 Å². The predicted octanol–water partition coefficient (Wildman–Crippen LogP) is 3.26. The van der Waals surface area contributed by atoms with E-state index >= 15 is 0 Å². The smallest absolute Gasteiger partial charge is 0.251 e. The van der Waals surface area contributed by atoms with Crippen molar-refractivity contribution in [3.05, 3.63) is 52.6 Å². The van der Waals surface area contributed by atoms with Crippen molar-refractivity contribution in [1.82, 2.24) is 5.32 Å². The summed E-state index contributed by atoms with van der Waals surface area (Å²) in [7, 11) is 4.80. The molecule has 24 heavy (non-hydrogen) atoms. The number of hydrogen-bond donors (Lipinski definition) is 1. The molecule has 5 heteroatoms. The molecule has 0 radical (unpaired) electrons. The summed E-state index contributed by atoms with van der Waals surface area (Å²) in [6.07, 6.45) is 0. The molecular formula is C19H23NO4. The second kappa shape index (κ2) is 7.73. The molecule has 0 unspecified atom stereocenters. The Morgan fingerprint density at radius 3 is 2.12 bits per heavy atom. The van der Waals surface area contributed by atoms with Crippen LogP contribution in [0.3, 0.4) is 0 Å². The molecule has 2 aromatic rings. The first-order valence-corrected chi connectivity index (χ1v) is 7.65. The minimum Gasteiger partial charge on any atom is -0.496 e. The normalized spacial score (nSPS) is 10.2. The third kappa shape index (κ3) is 3.62. The van der Waals surface area contributed by atoms with Crippen LogP contribution in [0, 0.1) is 13.8 Å². The Labute approximate surface area is 142 Å². The Morgan fingerprint density at radius 1 is 0.875 bits per heavy atom. The zero-order valence-corrected chi connectivity index (χ0v) is 14.7. The van der Waals surface area contributed by atoms with Gasteiger partial charge in [0.25, 0.3) is 5.91 Å². The highest BCUT2D eigenvalue weighted by molar-refractivity contribution is 5.96. The topological polar surface area (TPSA) is 56.8 Å². The molecule has 0 aliphatic heterocycles. The van der Waals surface area contributed by atoms with E-state index in [9.17, 15) is 4.79 Å². The lowest BCUT2D eigenvalue weighted by Gasteiger charge is -2.13. The molecule has 0 bridgehead atoms. The molecule has 1 N–H and O–H groups in total. The lowest BCUT2D eigenvalue weighted by atomic mass is 10.0. The average Bonchev–Trinajstić information content (AvgIpc) is 2.61. The van der Waals surface area contributed by atoms with E-state index in [0.29, 0.717) is 23.6 Å². The van der Waals surface area contributed by atoms with Gasteiger partial charge in [-0.2, -0.15) is 0 Å². The number of hydrogen-bond acceptors (Lipinski definition) is 4. The van der Waals surface area contributed by atoms with E-state index < -0.39 is 0 Å². The fraction of sp³-hybridized carbons (Fsp3) is 0.316.